The van der Waals surface area contributed by atoms with Crippen LogP contribution in [0.1, 0.15) is 27.5 Å². The average molecular weight is 418 g/mol. The smallest absolute Gasteiger partial charge is 0.251 e. The molecule has 0 spiro atoms. The van der Waals surface area contributed by atoms with Crippen LogP contribution in [-0.4, -0.2) is 43.9 Å². The quantitative estimate of drug-likeness (QED) is 0.727. The number of likely N-dealkylation sites (N-methyl/N-ethyl adjacent to an activating group) is 1. The van der Waals surface area contributed by atoms with E-state index in [0.29, 0.717) is 12.1 Å². The van der Waals surface area contributed by atoms with Gasteiger partial charge in [-0.25, -0.2) is 0 Å². The predicted octanol–water partition coefficient (Wildman–Crippen LogP) is 2.91. The number of aryl methyl sites for hydroxylation is 1. The summed E-state index contributed by atoms with van der Waals surface area (Å²) in [6, 6.07) is 15.4. The van der Waals surface area contributed by atoms with Gasteiger partial charge >= 0.3 is 0 Å². The molecule has 0 heterocycles. The van der Waals surface area contributed by atoms with Crippen molar-refractivity contribution in [3.63, 3.8) is 0 Å². The summed E-state index contributed by atoms with van der Waals surface area (Å²) in [5.74, 6) is -0.489. The van der Waals surface area contributed by atoms with E-state index in [9.17, 15) is 9.59 Å². The molecule has 0 aliphatic heterocycles. The van der Waals surface area contributed by atoms with Gasteiger partial charge < -0.3 is 15.5 Å². The molecule has 2 rings (SSSR count). The summed E-state index contributed by atoms with van der Waals surface area (Å²) in [5, 5.41) is 5.53. The van der Waals surface area contributed by atoms with Gasteiger partial charge in [0.2, 0.25) is 5.91 Å². The molecular formula is C20H24BrN3O2. The van der Waals surface area contributed by atoms with E-state index in [1.54, 1.807) is 18.2 Å². The van der Waals surface area contributed by atoms with E-state index in [1.807, 2.05) is 27.1 Å². The maximum atomic E-state index is 12.1. The van der Waals surface area contributed by atoms with Crippen LogP contribution in [0.2, 0.25) is 0 Å². The summed E-state index contributed by atoms with van der Waals surface area (Å²) in [5.41, 5.74) is 2.85. The Hall–Kier alpha value is -2.18. The molecule has 2 amide bonds. The third-order valence-corrected chi connectivity index (χ3v) is 4.57. The molecule has 0 radical (unpaired) electrons. The molecule has 1 atom stereocenters. The Morgan fingerprint density at radius 1 is 1.08 bits per heavy atom. The van der Waals surface area contributed by atoms with E-state index < -0.39 is 0 Å². The van der Waals surface area contributed by atoms with Gasteiger partial charge in [0.05, 0.1) is 12.6 Å². The molecule has 0 aliphatic carbocycles. The van der Waals surface area contributed by atoms with Crippen LogP contribution >= 0.6 is 15.9 Å². The molecule has 0 bridgehead atoms. The second kappa shape index (κ2) is 9.50. The second-order valence-corrected chi connectivity index (χ2v) is 7.30. The molecule has 6 heteroatoms. The Labute approximate surface area is 162 Å². The first-order valence-corrected chi connectivity index (χ1v) is 9.19. The molecular weight excluding hydrogens is 394 g/mol. The highest BCUT2D eigenvalue weighted by Gasteiger charge is 2.15. The van der Waals surface area contributed by atoms with Gasteiger partial charge in [-0.2, -0.15) is 0 Å². The van der Waals surface area contributed by atoms with Crippen molar-refractivity contribution in [1.29, 1.82) is 0 Å². The van der Waals surface area contributed by atoms with E-state index in [2.05, 4.69) is 55.7 Å². The lowest BCUT2D eigenvalue weighted by Crippen LogP contribution is -2.40. The van der Waals surface area contributed by atoms with Crippen LogP contribution in [-0.2, 0) is 4.79 Å². The first-order valence-electron chi connectivity index (χ1n) is 8.40. The Bertz CT molecular complexity index is 760. The molecule has 1 unspecified atom stereocenters. The van der Waals surface area contributed by atoms with Crippen molar-refractivity contribution in [1.82, 2.24) is 15.5 Å². The average Bonchev–Trinajstić information content (AvgIpc) is 2.61. The maximum absolute atomic E-state index is 12.1. The van der Waals surface area contributed by atoms with Gasteiger partial charge in [-0.1, -0.05) is 51.8 Å². The Morgan fingerprint density at radius 3 is 2.38 bits per heavy atom. The van der Waals surface area contributed by atoms with Gasteiger partial charge in [-0.15, -0.1) is 0 Å². The SMILES string of the molecule is Cc1ccc(C(CNC(=O)CNC(=O)c2cccc(Br)c2)N(C)C)cc1. The Morgan fingerprint density at radius 2 is 1.77 bits per heavy atom. The van der Waals surface area contributed by atoms with Crippen molar-refractivity contribution < 1.29 is 9.59 Å². The van der Waals surface area contributed by atoms with Crippen LogP contribution < -0.4 is 10.6 Å². The van der Waals surface area contributed by atoms with Crippen LogP contribution in [0.5, 0.6) is 0 Å². The number of carbonyl (C=O) groups is 2. The topological polar surface area (TPSA) is 61.4 Å². The number of nitrogens with zero attached hydrogens (tertiary/aromatic N) is 1. The monoisotopic (exact) mass is 417 g/mol. The highest BCUT2D eigenvalue weighted by molar-refractivity contribution is 9.10. The number of nitrogens with one attached hydrogen (secondary N) is 2. The summed E-state index contributed by atoms with van der Waals surface area (Å²) in [6.07, 6.45) is 0. The summed E-state index contributed by atoms with van der Waals surface area (Å²) < 4.78 is 0.821. The summed E-state index contributed by atoms with van der Waals surface area (Å²) in [4.78, 5) is 26.2. The molecule has 0 aliphatic rings. The fourth-order valence-corrected chi connectivity index (χ4v) is 2.95. The van der Waals surface area contributed by atoms with Gasteiger partial charge in [-0.05, 0) is 44.8 Å². The van der Waals surface area contributed by atoms with Crippen LogP contribution in [0.25, 0.3) is 0 Å². The maximum Gasteiger partial charge on any atom is 0.251 e. The lowest BCUT2D eigenvalue weighted by atomic mass is 10.0. The molecule has 0 saturated carbocycles. The Balaban J connectivity index is 1.86. The first-order chi connectivity index (χ1) is 12.4. The predicted molar refractivity (Wildman–Crippen MR) is 107 cm³/mol. The van der Waals surface area contributed by atoms with Crippen LogP contribution in [0.3, 0.4) is 0 Å². The van der Waals surface area contributed by atoms with E-state index in [4.69, 9.17) is 0 Å². The van der Waals surface area contributed by atoms with Crippen molar-refractivity contribution in [2.75, 3.05) is 27.2 Å². The summed E-state index contributed by atoms with van der Waals surface area (Å²) in [6.45, 7) is 2.46. The molecule has 0 aromatic heterocycles. The summed E-state index contributed by atoms with van der Waals surface area (Å²) in [7, 11) is 3.96. The zero-order valence-corrected chi connectivity index (χ0v) is 16.8. The fraction of sp³-hybridized carbons (Fsp3) is 0.300. The normalized spacial score (nSPS) is 11.9. The largest absolute Gasteiger partial charge is 0.353 e. The van der Waals surface area contributed by atoms with Crippen molar-refractivity contribution in [2.24, 2.45) is 0 Å². The highest BCUT2D eigenvalue weighted by atomic mass is 79.9. The number of carbonyl (C=O) groups excluding carboxylic acids is 2. The van der Waals surface area contributed by atoms with Gasteiger partial charge in [0.15, 0.2) is 0 Å². The van der Waals surface area contributed by atoms with Gasteiger partial charge in [-0.3, -0.25) is 9.59 Å². The van der Waals surface area contributed by atoms with Crippen molar-refractivity contribution >= 4 is 27.7 Å². The molecule has 0 saturated heterocycles. The first kappa shape index (κ1) is 20.1. The van der Waals surface area contributed by atoms with E-state index in [1.165, 1.54) is 5.56 Å². The van der Waals surface area contributed by atoms with Crippen LogP contribution in [0.15, 0.2) is 53.0 Å². The van der Waals surface area contributed by atoms with Gasteiger partial charge in [0.1, 0.15) is 0 Å². The minimum atomic E-state index is -0.274. The molecule has 2 N–H and O–H groups in total. The molecule has 2 aromatic rings. The standard InChI is InChI=1S/C20H24BrN3O2/c1-14-7-9-15(10-8-14)18(24(2)3)12-22-19(25)13-23-20(26)16-5-4-6-17(21)11-16/h4-11,18H,12-13H2,1-3H3,(H,22,25)(H,23,26). The number of hydrogen-bond donors (Lipinski definition) is 2. The number of amides is 2. The van der Waals surface area contributed by atoms with Gasteiger partial charge in [0.25, 0.3) is 5.91 Å². The lowest BCUT2D eigenvalue weighted by molar-refractivity contribution is -0.120. The molecule has 5 nitrogen and oxygen atoms in total. The highest BCUT2D eigenvalue weighted by Crippen LogP contribution is 2.17. The zero-order chi connectivity index (χ0) is 19.1. The number of hydrogen-bond acceptors (Lipinski definition) is 3. The minimum absolute atomic E-state index is 0.0562. The van der Waals surface area contributed by atoms with Crippen molar-refractivity contribution in [2.45, 2.75) is 13.0 Å². The minimum Gasteiger partial charge on any atom is -0.353 e. The van der Waals surface area contributed by atoms with Gasteiger partial charge in [0, 0.05) is 16.6 Å². The molecule has 0 fully saturated rings. The molecule has 26 heavy (non-hydrogen) atoms. The number of benzene rings is 2. The van der Waals surface area contributed by atoms with E-state index >= 15 is 0 Å². The van der Waals surface area contributed by atoms with E-state index in [0.717, 1.165) is 10.0 Å². The summed E-state index contributed by atoms with van der Waals surface area (Å²) >= 11 is 3.33. The van der Waals surface area contributed by atoms with Crippen LogP contribution in [0, 0.1) is 6.92 Å². The third-order valence-electron chi connectivity index (χ3n) is 4.07. The number of halogens is 1. The molecule has 138 valence electrons. The Kier molecular flexibility index (Phi) is 7.36. The zero-order valence-electron chi connectivity index (χ0n) is 15.3. The van der Waals surface area contributed by atoms with E-state index in [-0.39, 0.29) is 24.4 Å². The van der Waals surface area contributed by atoms with Crippen molar-refractivity contribution in [3.8, 4) is 0 Å². The molecule has 2 aromatic carbocycles. The second-order valence-electron chi connectivity index (χ2n) is 6.39. The van der Waals surface area contributed by atoms with Crippen LogP contribution in [0.4, 0.5) is 0 Å². The lowest BCUT2D eigenvalue weighted by Gasteiger charge is -2.25. The third kappa shape index (κ3) is 5.97. The number of rotatable bonds is 7. The van der Waals surface area contributed by atoms with Crippen molar-refractivity contribution in [3.05, 3.63) is 69.7 Å². The fourth-order valence-electron chi connectivity index (χ4n) is 2.55.